The lowest BCUT2D eigenvalue weighted by Crippen LogP contribution is -2.52. The summed E-state index contributed by atoms with van der Waals surface area (Å²) in [6.45, 7) is 1.04. The van der Waals surface area contributed by atoms with Crippen molar-refractivity contribution in [3.63, 3.8) is 0 Å². The predicted molar refractivity (Wildman–Crippen MR) is 117 cm³/mol. The number of carbonyl (C=O) groups excluding carboxylic acids is 2. The molecule has 1 fully saturated rings. The van der Waals surface area contributed by atoms with Crippen LogP contribution in [-0.2, 0) is 4.79 Å². The second kappa shape index (κ2) is 8.32. The van der Waals surface area contributed by atoms with Gasteiger partial charge in [0.2, 0.25) is 5.91 Å². The van der Waals surface area contributed by atoms with Gasteiger partial charge in [0, 0.05) is 48.1 Å². The molecule has 5 nitrogen and oxygen atoms in total. The number of fused-ring (bicyclic) bond motifs is 1. The van der Waals surface area contributed by atoms with E-state index in [4.69, 9.17) is 32.7 Å². The minimum atomic E-state index is -0.573. The van der Waals surface area contributed by atoms with E-state index in [0.29, 0.717) is 59.5 Å². The molecule has 0 unspecified atom stereocenters. The van der Waals surface area contributed by atoms with Gasteiger partial charge in [-0.1, -0.05) is 29.3 Å². The van der Waals surface area contributed by atoms with Crippen LogP contribution in [0.15, 0.2) is 42.5 Å². The lowest BCUT2D eigenvalue weighted by molar-refractivity contribution is -0.129. The summed E-state index contributed by atoms with van der Waals surface area (Å²) in [5.41, 5.74) is 0.744. The number of amides is 1. The van der Waals surface area contributed by atoms with Crippen LogP contribution in [0.1, 0.15) is 35.2 Å². The Hall–Kier alpha value is -2.50. The van der Waals surface area contributed by atoms with Crippen LogP contribution in [0.3, 0.4) is 0 Å². The fraction of sp³-hybridized carbons (Fsp3) is 0.304. The van der Waals surface area contributed by atoms with Gasteiger partial charge in [0.25, 0.3) is 0 Å². The molecule has 0 radical (unpaired) electrons. The van der Waals surface area contributed by atoms with E-state index < -0.39 is 5.60 Å². The van der Waals surface area contributed by atoms with Gasteiger partial charge in [-0.3, -0.25) is 9.59 Å². The van der Waals surface area contributed by atoms with E-state index in [9.17, 15) is 9.59 Å². The molecular formula is C23H21Cl2NO4. The van der Waals surface area contributed by atoms with Crippen LogP contribution >= 0.6 is 23.2 Å². The largest absolute Gasteiger partial charge is 0.497 e. The average molecular weight is 446 g/mol. The summed E-state index contributed by atoms with van der Waals surface area (Å²) in [7, 11) is 1.58. The Morgan fingerprint density at radius 1 is 1.17 bits per heavy atom. The minimum Gasteiger partial charge on any atom is -0.497 e. The highest BCUT2D eigenvalue weighted by atomic mass is 35.5. The van der Waals surface area contributed by atoms with Crippen LogP contribution in [0, 0.1) is 0 Å². The van der Waals surface area contributed by atoms with Crippen molar-refractivity contribution in [1.82, 2.24) is 4.90 Å². The van der Waals surface area contributed by atoms with Crippen molar-refractivity contribution in [2.45, 2.75) is 24.9 Å². The van der Waals surface area contributed by atoms with Gasteiger partial charge >= 0.3 is 0 Å². The molecule has 2 aromatic rings. The van der Waals surface area contributed by atoms with Crippen molar-refractivity contribution in [3.8, 4) is 11.5 Å². The van der Waals surface area contributed by atoms with Crippen molar-refractivity contribution < 1.29 is 19.1 Å². The van der Waals surface area contributed by atoms with Crippen LogP contribution in [0.5, 0.6) is 11.5 Å². The smallest absolute Gasteiger partial charge is 0.246 e. The van der Waals surface area contributed by atoms with Crippen LogP contribution in [0.2, 0.25) is 10.0 Å². The van der Waals surface area contributed by atoms with Gasteiger partial charge in [-0.05, 0) is 35.9 Å². The third-order valence-corrected chi connectivity index (χ3v) is 6.22. The van der Waals surface area contributed by atoms with Crippen LogP contribution in [0.4, 0.5) is 0 Å². The van der Waals surface area contributed by atoms with Gasteiger partial charge in [0.15, 0.2) is 5.78 Å². The first-order valence-corrected chi connectivity index (χ1v) is 10.5. The first-order chi connectivity index (χ1) is 14.4. The standard InChI is InChI=1S/C23H21Cl2NO4/c1-29-17-5-6-18-20(27)14-23(30-21(18)13-17)8-10-26(11-9-23)22(28)7-3-15-2-4-16(24)12-19(15)25/h2-7,12-13H,8-11,14H2,1H3/b7-3+. The summed E-state index contributed by atoms with van der Waals surface area (Å²) in [4.78, 5) is 27.0. The number of likely N-dealkylation sites (tertiary alicyclic amines) is 1. The zero-order valence-electron chi connectivity index (χ0n) is 16.5. The quantitative estimate of drug-likeness (QED) is 0.620. The lowest BCUT2D eigenvalue weighted by Gasteiger charge is -2.43. The second-order valence-corrected chi connectivity index (χ2v) is 8.42. The summed E-state index contributed by atoms with van der Waals surface area (Å²) in [5.74, 6) is 1.18. The number of carbonyl (C=O) groups is 2. The van der Waals surface area contributed by atoms with Gasteiger partial charge in [-0.15, -0.1) is 0 Å². The lowest BCUT2D eigenvalue weighted by atomic mass is 9.82. The van der Waals surface area contributed by atoms with Crippen molar-refractivity contribution in [2.75, 3.05) is 20.2 Å². The maximum atomic E-state index is 12.7. The SMILES string of the molecule is COc1ccc2c(c1)OC1(CCN(C(=O)/C=C/c3ccc(Cl)cc3Cl)CC1)CC2=O. The molecule has 1 saturated heterocycles. The average Bonchev–Trinajstić information content (AvgIpc) is 2.73. The predicted octanol–water partition coefficient (Wildman–Crippen LogP) is 5.04. The van der Waals surface area contributed by atoms with E-state index in [0.717, 1.165) is 5.56 Å². The molecule has 2 heterocycles. The third kappa shape index (κ3) is 4.18. The highest BCUT2D eigenvalue weighted by molar-refractivity contribution is 6.35. The number of hydrogen-bond acceptors (Lipinski definition) is 4. The van der Waals surface area contributed by atoms with Gasteiger partial charge in [0.1, 0.15) is 17.1 Å². The summed E-state index contributed by atoms with van der Waals surface area (Å²) < 4.78 is 11.5. The fourth-order valence-electron chi connectivity index (χ4n) is 3.92. The van der Waals surface area contributed by atoms with Crippen molar-refractivity contribution >= 4 is 41.0 Å². The molecule has 1 amide bonds. The molecule has 2 aromatic carbocycles. The van der Waals surface area contributed by atoms with E-state index >= 15 is 0 Å². The summed E-state index contributed by atoms with van der Waals surface area (Å²) in [6.07, 6.45) is 4.71. The fourth-order valence-corrected chi connectivity index (χ4v) is 4.39. The number of rotatable bonds is 3. The van der Waals surface area contributed by atoms with Gasteiger partial charge < -0.3 is 14.4 Å². The van der Waals surface area contributed by atoms with Gasteiger partial charge in [-0.25, -0.2) is 0 Å². The number of ether oxygens (including phenoxy) is 2. The van der Waals surface area contributed by atoms with Crippen molar-refractivity contribution in [2.24, 2.45) is 0 Å². The molecule has 0 atom stereocenters. The minimum absolute atomic E-state index is 0.0657. The van der Waals surface area contributed by atoms with E-state index in [1.807, 2.05) is 0 Å². The first-order valence-electron chi connectivity index (χ1n) is 9.71. The molecule has 156 valence electrons. The Labute approximate surface area is 185 Å². The zero-order chi connectivity index (χ0) is 21.3. The highest BCUT2D eigenvalue weighted by Gasteiger charge is 2.43. The van der Waals surface area contributed by atoms with Crippen LogP contribution in [0.25, 0.3) is 6.08 Å². The van der Waals surface area contributed by atoms with E-state index in [1.165, 1.54) is 6.08 Å². The third-order valence-electron chi connectivity index (χ3n) is 5.65. The molecule has 0 bridgehead atoms. The van der Waals surface area contributed by atoms with Crippen molar-refractivity contribution in [3.05, 3.63) is 63.6 Å². The van der Waals surface area contributed by atoms with Crippen molar-refractivity contribution in [1.29, 1.82) is 0 Å². The van der Waals surface area contributed by atoms with Crippen LogP contribution < -0.4 is 9.47 Å². The maximum absolute atomic E-state index is 12.7. The van der Waals surface area contributed by atoms with E-state index in [1.54, 1.807) is 54.5 Å². The second-order valence-electron chi connectivity index (χ2n) is 7.57. The maximum Gasteiger partial charge on any atom is 0.246 e. The van der Waals surface area contributed by atoms with Gasteiger partial charge in [-0.2, -0.15) is 0 Å². The zero-order valence-corrected chi connectivity index (χ0v) is 18.0. The molecule has 4 rings (SSSR count). The molecule has 1 spiro atoms. The normalized spacial score (nSPS) is 17.7. The number of piperidine rings is 1. The Morgan fingerprint density at radius 3 is 2.63 bits per heavy atom. The molecule has 2 aliphatic rings. The molecule has 0 aliphatic carbocycles. The number of hydrogen-bond donors (Lipinski definition) is 0. The molecule has 30 heavy (non-hydrogen) atoms. The molecule has 7 heteroatoms. The monoisotopic (exact) mass is 445 g/mol. The van der Waals surface area contributed by atoms with Gasteiger partial charge in [0.05, 0.1) is 19.1 Å². The number of ketones is 1. The summed E-state index contributed by atoms with van der Waals surface area (Å²) in [5, 5.41) is 1.04. The molecule has 2 aliphatic heterocycles. The first kappa shape index (κ1) is 20.8. The molecular weight excluding hydrogens is 425 g/mol. The van der Waals surface area contributed by atoms with E-state index in [-0.39, 0.29) is 11.7 Å². The summed E-state index contributed by atoms with van der Waals surface area (Å²) >= 11 is 12.1. The summed E-state index contributed by atoms with van der Waals surface area (Å²) in [6, 6.07) is 10.4. The molecule has 0 saturated carbocycles. The number of nitrogens with zero attached hydrogens (tertiary/aromatic N) is 1. The Bertz CT molecular complexity index is 1030. The number of halogens is 2. The Morgan fingerprint density at radius 2 is 1.93 bits per heavy atom. The molecule has 0 N–H and O–H groups in total. The number of Topliss-reactive ketones (excluding diaryl/α,β-unsaturated/α-hetero) is 1. The Kier molecular flexibility index (Phi) is 5.76. The topological polar surface area (TPSA) is 55.8 Å². The number of methoxy groups -OCH3 is 1. The molecule has 0 aromatic heterocycles. The highest BCUT2D eigenvalue weighted by Crippen LogP contribution is 2.40. The number of benzene rings is 2. The van der Waals surface area contributed by atoms with E-state index in [2.05, 4.69) is 0 Å². The van der Waals surface area contributed by atoms with Crippen LogP contribution in [-0.4, -0.2) is 42.4 Å². The Balaban J connectivity index is 1.42.